The van der Waals surface area contributed by atoms with Crippen LogP contribution in [0.15, 0.2) is 22.7 Å². The molecule has 90 valence electrons. The van der Waals surface area contributed by atoms with Gasteiger partial charge in [-0.2, -0.15) is 5.10 Å². The molecule has 2 aromatic rings. The molecule has 0 aliphatic heterocycles. The van der Waals surface area contributed by atoms with Crippen LogP contribution in [0.5, 0.6) is 0 Å². The average Bonchev–Trinajstić information content (AvgIpc) is 2.56. The quantitative estimate of drug-likeness (QED) is 0.925. The van der Waals surface area contributed by atoms with Crippen LogP contribution < -0.4 is 5.73 Å². The second-order valence-corrected chi connectivity index (χ2v) is 5.15. The fourth-order valence-corrected chi connectivity index (χ4v) is 2.37. The number of hydrogen-bond acceptors (Lipinski definition) is 2. The van der Waals surface area contributed by atoms with Gasteiger partial charge in [-0.15, -0.1) is 0 Å². The van der Waals surface area contributed by atoms with Crippen LogP contribution in [0.2, 0.25) is 0 Å². The molecule has 4 heteroatoms. The van der Waals surface area contributed by atoms with Crippen LogP contribution in [0.1, 0.15) is 22.5 Å². The van der Waals surface area contributed by atoms with Crippen LogP contribution in [-0.2, 0) is 6.54 Å². The Bertz CT molecular complexity index is 558. The van der Waals surface area contributed by atoms with E-state index in [4.69, 9.17) is 5.73 Å². The van der Waals surface area contributed by atoms with Gasteiger partial charge in [-0.3, -0.25) is 0 Å². The minimum atomic E-state index is 0.532. The minimum absolute atomic E-state index is 0.532. The maximum absolute atomic E-state index is 5.69. The SMILES string of the molecule is Cc1nn(-c2cc(Br)cc(CN)c2)c(C)c1C. The monoisotopic (exact) mass is 293 g/mol. The topological polar surface area (TPSA) is 43.8 Å². The van der Waals surface area contributed by atoms with E-state index in [2.05, 4.69) is 47.0 Å². The van der Waals surface area contributed by atoms with E-state index < -0.39 is 0 Å². The summed E-state index contributed by atoms with van der Waals surface area (Å²) < 4.78 is 3.00. The largest absolute Gasteiger partial charge is 0.326 e. The zero-order valence-electron chi connectivity index (χ0n) is 10.3. The van der Waals surface area contributed by atoms with Gasteiger partial charge < -0.3 is 5.73 Å². The van der Waals surface area contributed by atoms with Crippen molar-refractivity contribution in [3.05, 3.63) is 45.2 Å². The molecule has 1 aromatic carbocycles. The minimum Gasteiger partial charge on any atom is -0.326 e. The summed E-state index contributed by atoms with van der Waals surface area (Å²) in [4.78, 5) is 0. The van der Waals surface area contributed by atoms with Crippen molar-refractivity contribution in [1.29, 1.82) is 0 Å². The second-order valence-electron chi connectivity index (χ2n) is 4.23. The summed E-state index contributed by atoms with van der Waals surface area (Å²) in [5.41, 5.74) is 11.3. The highest BCUT2D eigenvalue weighted by Crippen LogP contribution is 2.22. The molecule has 0 spiro atoms. The first-order chi connectivity index (χ1) is 8.02. The number of aryl methyl sites for hydroxylation is 1. The molecule has 0 fully saturated rings. The summed E-state index contributed by atoms with van der Waals surface area (Å²) in [5, 5.41) is 4.55. The second kappa shape index (κ2) is 4.63. The molecule has 2 rings (SSSR count). The third kappa shape index (κ3) is 2.28. The van der Waals surface area contributed by atoms with Crippen molar-refractivity contribution in [3.8, 4) is 5.69 Å². The molecule has 1 heterocycles. The molecular weight excluding hydrogens is 278 g/mol. The fourth-order valence-electron chi connectivity index (χ4n) is 1.85. The van der Waals surface area contributed by atoms with Gasteiger partial charge in [0.2, 0.25) is 0 Å². The van der Waals surface area contributed by atoms with E-state index in [0.717, 1.165) is 21.4 Å². The number of halogens is 1. The highest BCUT2D eigenvalue weighted by Gasteiger charge is 2.09. The Balaban J connectivity index is 2.59. The van der Waals surface area contributed by atoms with Crippen molar-refractivity contribution in [2.24, 2.45) is 5.73 Å². The van der Waals surface area contributed by atoms with Crippen LogP contribution in [-0.4, -0.2) is 9.78 Å². The Morgan fingerprint density at radius 1 is 1.24 bits per heavy atom. The average molecular weight is 294 g/mol. The molecule has 0 atom stereocenters. The Kier molecular flexibility index (Phi) is 3.35. The number of benzene rings is 1. The highest BCUT2D eigenvalue weighted by atomic mass is 79.9. The standard InChI is InChI=1S/C13H16BrN3/c1-8-9(2)16-17(10(8)3)13-5-11(7-15)4-12(14)6-13/h4-6H,7,15H2,1-3H3. The van der Waals surface area contributed by atoms with E-state index in [1.165, 1.54) is 11.3 Å². The highest BCUT2D eigenvalue weighted by molar-refractivity contribution is 9.10. The van der Waals surface area contributed by atoms with Crippen molar-refractivity contribution in [2.45, 2.75) is 27.3 Å². The molecule has 0 saturated heterocycles. The van der Waals surface area contributed by atoms with Crippen molar-refractivity contribution in [1.82, 2.24) is 9.78 Å². The summed E-state index contributed by atoms with van der Waals surface area (Å²) in [6, 6.07) is 6.16. The lowest BCUT2D eigenvalue weighted by atomic mass is 10.2. The molecule has 1 aromatic heterocycles. The molecule has 0 aliphatic rings. The zero-order chi connectivity index (χ0) is 12.6. The molecule has 0 aliphatic carbocycles. The van der Waals surface area contributed by atoms with E-state index in [1.54, 1.807) is 0 Å². The number of rotatable bonds is 2. The zero-order valence-corrected chi connectivity index (χ0v) is 11.9. The molecule has 0 radical (unpaired) electrons. The van der Waals surface area contributed by atoms with Gasteiger partial charge in [0.05, 0.1) is 11.4 Å². The van der Waals surface area contributed by atoms with E-state index >= 15 is 0 Å². The normalized spacial score (nSPS) is 10.9. The Hall–Kier alpha value is -1.13. The van der Waals surface area contributed by atoms with Gasteiger partial charge in [-0.25, -0.2) is 4.68 Å². The van der Waals surface area contributed by atoms with Crippen molar-refractivity contribution < 1.29 is 0 Å². The van der Waals surface area contributed by atoms with Crippen LogP contribution in [0, 0.1) is 20.8 Å². The molecule has 3 nitrogen and oxygen atoms in total. The first kappa shape index (κ1) is 12.3. The number of aromatic nitrogens is 2. The van der Waals surface area contributed by atoms with Gasteiger partial charge in [0.1, 0.15) is 0 Å². The molecule has 0 amide bonds. The summed E-state index contributed by atoms with van der Waals surface area (Å²) in [6.45, 7) is 6.74. The first-order valence-electron chi connectivity index (χ1n) is 5.55. The van der Waals surface area contributed by atoms with Gasteiger partial charge in [0.25, 0.3) is 0 Å². The maximum Gasteiger partial charge on any atom is 0.0663 e. The number of hydrogen-bond donors (Lipinski definition) is 1. The Morgan fingerprint density at radius 2 is 1.94 bits per heavy atom. The fraction of sp³-hybridized carbons (Fsp3) is 0.308. The van der Waals surface area contributed by atoms with Crippen molar-refractivity contribution in [3.63, 3.8) is 0 Å². The molecule has 17 heavy (non-hydrogen) atoms. The Morgan fingerprint density at radius 3 is 2.47 bits per heavy atom. The lowest BCUT2D eigenvalue weighted by molar-refractivity contribution is 0.829. The summed E-state index contributed by atoms with van der Waals surface area (Å²) in [6.07, 6.45) is 0. The van der Waals surface area contributed by atoms with Gasteiger partial charge in [0, 0.05) is 16.7 Å². The van der Waals surface area contributed by atoms with E-state index in [0.29, 0.717) is 6.54 Å². The van der Waals surface area contributed by atoms with Crippen molar-refractivity contribution in [2.75, 3.05) is 0 Å². The number of nitrogens with zero attached hydrogens (tertiary/aromatic N) is 2. The lowest BCUT2D eigenvalue weighted by Crippen LogP contribution is -2.02. The smallest absolute Gasteiger partial charge is 0.0663 e. The first-order valence-corrected chi connectivity index (χ1v) is 6.35. The molecule has 2 N–H and O–H groups in total. The molecule has 0 saturated carbocycles. The summed E-state index contributed by atoms with van der Waals surface area (Å²) in [5.74, 6) is 0. The molecule has 0 unspecified atom stereocenters. The van der Waals surface area contributed by atoms with Gasteiger partial charge in [0.15, 0.2) is 0 Å². The maximum atomic E-state index is 5.69. The third-order valence-corrected chi connectivity index (χ3v) is 3.53. The third-order valence-electron chi connectivity index (χ3n) is 3.08. The van der Waals surface area contributed by atoms with Gasteiger partial charge >= 0.3 is 0 Å². The lowest BCUT2D eigenvalue weighted by Gasteiger charge is -2.07. The number of nitrogens with two attached hydrogens (primary N) is 1. The summed E-state index contributed by atoms with van der Waals surface area (Å²) >= 11 is 3.50. The van der Waals surface area contributed by atoms with E-state index in [-0.39, 0.29) is 0 Å². The van der Waals surface area contributed by atoms with Crippen LogP contribution >= 0.6 is 15.9 Å². The van der Waals surface area contributed by atoms with Crippen LogP contribution in [0.25, 0.3) is 5.69 Å². The van der Waals surface area contributed by atoms with Crippen molar-refractivity contribution >= 4 is 15.9 Å². The van der Waals surface area contributed by atoms with Crippen LogP contribution in [0.4, 0.5) is 0 Å². The van der Waals surface area contributed by atoms with E-state index in [9.17, 15) is 0 Å². The van der Waals surface area contributed by atoms with Gasteiger partial charge in [-0.05, 0) is 50.1 Å². The van der Waals surface area contributed by atoms with Gasteiger partial charge in [-0.1, -0.05) is 15.9 Å². The van der Waals surface area contributed by atoms with Crippen LogP contribution in [0.3, 0.4) is 0 Å². The predicted molar refractivity (Wildman–Crippen MR) is 73.4 cm³/mol. The Labute approximate surface area is 110 Å². The predicted octanol–water partition coefficient (Wildman–Crippen LogP) is 3.02. The molecular formula is C13H16BrN3. The summed E-state index contributed by atoms with van der Waals surface area (Å²) in [7, 11) is 0. The molecule has 0 bridgehead atoms. The van der Waals surface area contributed by atoms with E-state index in [1.807, 2.05) is 17.7 Å².